The number of carbonyl (C=O) groups is 1. The van der Waals surface area contributed by atoms with Crippen molar-refractivity contribution in [2.45, 2.75) is 4.90 Å². The number of halogens is 1. The Morgan fingerprint density at radius 1 is 1.13 bits per heavy atom. The van der Waals surface area contributed by atoms with Crippen molar-refractivity contribution >= 4 is 35.2 Å². The summed E-state index contributed by atoms with van der Waals surface area (Å²) in [6.45, 7) is 0. The van der Waals surface area contributed by atoms with Crippen molar-refractivity contribution in [2.24, 2.45) is 0 Å². The second-order valence-corrected chi connectivity index (χ2v) is 5.88. The summed E-state index contributed by atoms with van der Waals surface area (Å²) in [5, 5.41) is 0.596. The molecule has 0 atom stereocenters. The summed E-state index contributed by atoms with van der Waals surface area (Å²) in [5.41, 5.74) is 1.24. The lowest BCUT2D eigenvalue weighted by atomic mass is 10.1. The number of methoxy groups -OCH3 is 2. The monoisotopic (exact) mass is 348 g/mol. The van der Waals surface area contributed by atoms with Crippen molar-refractivity contribution in [1.29, 1.82) is 0 Å². The van der Waals surface area contributed by atoms with Crippen molar-refractivity contribution in [1.82, 2.24) is 0 Å². The highest BCUT2D eigenvalue weighted by molar-refractivity contribution is 7.98. The molecule has 2 aromatic carbocycles. The van der Waals surface area contributed by atoms with Gasteiger partial charge in [-0.3, -0.25) is 4.79 Å². The van der Waals surface area contributed by atoms with Crippen molar-refractivity contribution in [3.63, 3.8) is 0 Å². The predicted molar refractivity (Wildman–Crippen MR) is 96.1 cm³/mol. The molecule has 2 aromatic rings. The fraction of sp³-hybridized carbons (Fsp3) is 0.167. The van der Waals surface area contributed by atoms with Crippen molar-refractivity contribution in [3.8, 4) is 11.5 Å². The standard InChI is InChI=1S/C18H17ClO3S/c1-21-16-11-18(23-3)17(22-2)10-13(16)15(20)9-8-12-6-4-5-7-14(12)19/h4-11H,1-3H3/b9-8+. The number of carbonyl (C=O) groups excluding carboxylic acids is 1. The van der Waals surface area contributed by atoms with Gasteiger partial charge in [0, 0.05) is 5.02 Å². The van der Waals surface area contributed by atoms with Crippen LogP contribution in [0.1, 0.15) is 15.9 Å². The van der Waals surface area contributed by atoms with Crippen LogP contribution in [0.2, 0.25) is 5.02 Å². The molecule has 5 heteroatoms. The van der Waals surface area contributed by atoms with Crippen LogP contribution in [0.25, 0.3) is 6.08 Å². The van der Waals surface area contributed by atoms with E-state index in [0.717, 1.165) is 10.5 Å². The van der Waals surface area contributed by atoms with Crippen LogP contribution in [0, 0.1) is 0 Å². The number of allylic oxidation sites excluding steroid dienone is 1. The third-order valence-electron chi connectivity index (χ3n) is 3.29. The van der Waals surface area contributed by atoms with Crippen LogP contribution in [0.5, 0.6) is 11.5 Å². The van der Waals surface area contributed by atoms with Gasteiger partial charge in [-0.05, 0) is 42.2 Å². The number of hydrogen-bond donors (Lipinski definition) is 0. The zero-order chi connectivity index (χ0) is 16.8. The molecule has 0 unspecified atom stereocenters. The molecule has 0 bridgehead atoms. The number of benzene rings is 2. The van der Waals surface area contributed by atoms with Gasteiger partial charge >= 0.3 is 0 Å². The molecule has 2 rings (SSSR count). The summed E-state index contributed by atoms with van der Waals surface area (Å²) in [5.74, 6) is 0.990. The minimum atomic E-state index is -0.173. The Morgan fingerprint density at radius 2 is 1.83 bits per heavy atom. The second kappa shape index (κ2) is 8.09. The normalized spacial score (nSPS) is 10.8. The first-order valence-corrected chi connectivity index (χ1v) is 8.48. The summed E-state index contributed by atoms with van der Waals surface area (Å²) in [4.78, 5) is 13.4. The maximum atomic E-state index is 12.5. The molecule has 0 N–H and O–H groups in total. The van der Waals surface area contributed by atoms with E-state index >= 15 is 0 Å². The Kier molecular flexibility index (Phi) is 6.13. The minimum Gasteiger partial charge on any atom is -0.496 e. The molecule has 120 valence electrons. The van der Waals surface area contributed by atoms with Gasteiger partial charge in [-0.2, -0.15) is 0 Å². The number of ether oxygens (including phenoxy) is 2. The number of thioether (sulfide) groups is 1. The summed E-state index contributed by atoms with van der Waals surface area (Å²) in [6.07, 6.45) is 5.12. The Hall–Kier alpha value is -1.91. The van der Waals surface area contributed by atoms with Crippen molar-refractivity contribution < 1.29 is 14.3 Å². The first-order valence-electron chi connectivity index (χ1n) is 6.87. The summed E-state index contributed by atoms with van der Waals surface area (Å²) < 4.78 is 10.7. The maximum Gasteiger partial charge on any atom is 0.189 e. The smallest absolute Gasteiger partial charge is 0.189 e. The number of rotatable bonds is 6. The van der Waals surface area contributed by atoms with Crippen molar-refractivity contribution in [2.75, 3.05) is 20.5 Å². The van der Waals surface area contributed by atoms with E-state index in [1.807, 2.05) is 24.5 Å². The SMILES string of the molecule is COc1cc(C(=O)/C=C/c2ccccc2Cl)c(OC)cc1SC. The third kappa shape index (κ3) is 4.09. The van der Waals surface area contributed by atoms with Crippen LogP contribution in [0.15, 0.2) is 47.4 Å². The molecule has 0 saturated carbocycles. The summed E-state index contributed by atoms with van der Waals surface area (Å²) in [6, 6.07) is 10.8. The molecular weight excluding hydrogens is 332 g/mol. The lowest BCUT2D eigenvalue weighted by molar-refractivity contribution is 0.104. The molecule has 0 amide bonds. The van der Waals surface area contributed by atoms with E-state index in [0.29, 0.717) is 22.1 Å². The Morgan fingerprint density at radius 3 is 2.43 bits per heavy atom. The molecule has 0 heterocycles. The molecule has 3 nitrogen and oxygen atoms in total. The summed E-state index contributed by atoms with van der Waals surface area (Å²) in [7, 11) is 3.12. The predicted octanol–water partition coefficient (Wildman–Crippen LogP) is 4.98. The van der Waals surface area contributed by atoms with Gasteiger partial charge in [0.15, 0.2) is 5.78 Å². The molecule has 0 aliphatic rings. The average molecular weight is 349 g/mol. The van der Waals surface area contributed by atoms with Gasteiger partial charge in [0.25, 0.3) is 0 Å². The molecule has 0 fully saturated rings. The molecule has 0 radical (unpaired) electrons. The van der Waals surface area contributed by atoms with Gasteiger partial charge in [-0.15, -0.1) is 11.8 Å². The zero-order valence-corrected chi connectivity index (χ0v) is 14.7. The molecule has 0 aliphatic heterocycles. The van der Waals surface area contributed by atoms with Gasteiger partial charge < -0.3 is 9.47 Å². The van der Waals surface area contributed by atoms with E-state index in [2.05, 4.69) is 0 Å². The van der Waals surface area contributed by atoms with E-state index < -0.39 is 0 Å². The van der Waals surface area contributed by atoms with Crippen LogP contribution >= 0.6 is 23.4 Å². The maximum absolute atomic E-state index is 12.5. The first-order chi connectivity index (χ1) is 11.1. The van der Waals surface area contributed by atoms with E-state index in [1.165, 1.54) is 17.8 Å². The quantitative estimate of drug-likeness (QED) is 0.419. The minimum absolute atomic E-state index is 0.173. The Balaban J connectivity index is 2.37. The highest BCUT2D eigenvalue weighted by atomic mass is 35.5. The zero-order valence-electron chi connectivity index (χ0n) is 13.1. The first kappa shape index (κ1) is 17.4. The molecule has 0 saturated heterocycles. The molecule has 0 spiro atoms. The largest absolute Gasteiger partial charge is 0.496 e. The lowest BCUT2D eigenvalue weighted by Crippen LogP contribution is -2.01. The topological polar surface area (TPSA) is 35.5 Å². The number of ketones is 1. The Bertz CT molecular complexity index is 741. The van der Waals surface area contributed by atoms with E-state index in [-0.39, 0.29) is 5.78 Å². The second-order valence-electron chi connectivity index (χ2n) is 4.63. The van der Waals surface area contributed by atoms with Crippen LogP contribution < -0.4 is 9.47 Å². The third-order valence-corrected chi connectivity index (χ3v) is 4.39. The highest BCUT2D eigenvalue weighted by Gasteiger charge is 2.15. The van der Waals surface area contributed by atoms with Gasteiger partial charge in [0.2, 0.25) is 0 Å². The van der Waals surface area contributed by atoms with Gasteiger partial charge in [-0.25, -0.2) is 0 Å². The van der Waals surface area contributed by atoms with Crippen LogP contribution in [0.4, 0.5) is 0 Å². The fourth-order valence-electron chi connectivity index (χ4n) is 2.09. The van der Waals surface area contributed by atoms with Gasteiger partial charge in [0.05, 0.1) is 24.7 Å². The molecule has 0 aliphatic carbocycles. The van der Waals surface area contributed by atoms with Crippen LogP contribution in [-0.4, -0.2) is 26.3 Å². The number of hydrogen-bond acceptors (Lipinski definition) is 4. The average Bonchev–Trinajstić information content (AvgIpc) is 2.59. The lowest BCUT2D eigenvalue weighted by Gasteiger charge is -2.12. The Labute approximate surface area is 145 Å². The molecule has 23 heavy (non-hydrogen) atoms. The fourth-order valence-corrected chi connectivity index (χ4v) is 2.85. The van der Waals surface area contributed by atoms with E-state index in [4.69, 9.17) is 21.1 Å². The highest BCUT2D eigenvalue weighted by Crippen LogP contribution is 2.35. The van der Waals surface area contributed by atoms with Crippen LogP contribution in [-0.2, 0) is 0 Å². The van der Waals surface area contributed by atoms with E-state index in [9.17, 15) is 4.79 Å². The van der Waals surface area contributed by atoms with Gasteiger partial charge in [-0.1, -0.05) is 29.8 Å². The van der Waals surface area contributed by atoms with Crippen LogP contribution in [0.3, 0.4) is 0 Å². The molecule has 0 aromatic heterocycles. The van der Waals surface area contributed by atoms with Crippen molar-refractivity contribution in [3.05, 3.63) is 58.6 Å². The van der Waals surface area contributed by atoms with Gasteiger partial charge in [0.1, 0.15) is 11.5 Å². The molecular formula is C18H17ClO3S. The van der Waals surface area contributed by atoms with E-state index in [1.54, 1.807) is 38.5 Å². The summed E-state index contributed by atoms with van der Waals surface area (Å²) >= 11 is 7.62.